The highest BCUT2D eigenvalue weighted by atomic mass is 16.2. The molecule has 39 heavy (non-hydrogen) atoms. The van der Waals surface area contributed by atoms with Crippen molar-refractivity contribution in [2.75, 3.05) is 18.4 Å². The Kier molecular flexibility index (Phi) is 8.13. The maximum Gasteiger partial charge on any atom is 0.274 e. The van der Waals surface area contributed by atoms with E-state index in [1.165, 1.54) is 0 Å². The first kappa shape index (κ1) is 26.3. The quantitative estimate of drug-likeness (QED) is 0.340. The third-order valence-corrected chi connectivity index (χ3v) is 6.94. The number of likely N-dealkylation sites (tertiary alicyclic amines) is 1. The van der Waals surface area contributed by atoms with Crippen LogP contribution in [0.3, 0.4) is 0 Å². The third kappa shape index (κ3) is 6.78. The van der Waals surface area contributed by atoms with E-state index in [-0.39, 0.29) is 17.9 Å². The molecule has 2 amide bonds. The Morgan fingerprint density at radius 3 is 2.64 bits per heavy atom. The van der Waals surface area contributed by atoms with Gasteiger partial charge in [-0.05, 0) is 73.3 Å². The van der Waals surface area contributed by atoms with Crippen LogP contribution in [0.15, 0.2) is 79.4 Å². The molecule has 0 radical (unpaired) electrons. The topological polar surface area (TPSA) is 92.2 Å². The number of hydrogen-bond donors (Lipinski definition) is 2. The standard InChI is InChI=1S/C31H34N6O2/c1-3-30(38)34-26-10-7-13-36(20-26)19-23-14-27(17-28(15-23)37-18-22(2)33-21-37)35-31(39)29-16-25(11-12-32-29)24-8-5-4-6-9-24/h4-6,8-9,11-12,14-18,21,26H,3,7,10,13,19-20H2,1-2H3,(H,34,38)(H,35,39). The smallest absolute Gasteiger partial charge is 0.274 e. The van der Waals surface area contributed by atoms with Crippen LogP contribution in [0.25, 0.3) is 16.8 Å². The van der Waals surface area contributed by atoms with E-state index in [2.05, 4.69) is 31.6 Å². The maximum absolute atomic E-state index is 13.3. The number of anilines is 1. The van der Waals surface area contributed by atoms with E-state index in [9.17, 15) is 9.59 Å². The summed E-state index contributed by atoms with van der Waals surface area (Å²) in [6, 6.07) is 19.9. The lowest BCUT2D eigenvalue weighted by Crippen LogP contribution is -2.47. The molecule has 0 saturated carbocycles. The number of imidazole rings is 1. The molecule has 2 aromatic carbocycles. The van der Waals surface area contributed by atoms with E-state index < -0.39 is 0 Å². The molecule has 1 saturated heterocycles. The molecule has 4 aromatic rings. The van der Waals surface area contributed by atoms with Gasteiger partial charge in [0.15, 0.2) is 0 Å². The van der Waals surface area contributed by atoms with Crippen LogP contribution in [0.5, 0.6) is 0 Å². The zero-order valence-corrected chi connectivity index (χ0v) is 22.4. The summed E-state index contributed by atoms with van der Waals surface area (Å²) in [5.74, 6) is -0.174. The van der Waals surface area contributed by atoms with Crippen molar-refractivity contribution in [1.29, 1.82) is 0 Å². The van der Waals surface area contributed by atoms with Gasteiger partial charge in [-0.15, -0.1) is 0 Å². The monoisotopic (exact) mass is 522 g/mol. The zero-order valence-electron chi connectivity index (χ0n) is 22.4. The minimum atomic E-state index is -0.266. The van der Waals surface area contributed by atoms with Crippen LogP contribution in [-0.4, -0.2) is 50.4 Å². The molecule has 0 aliphatic carbocycles. The lowest BCUT2D eigenvalue weighted by molar-refractivity contribution is -0.121. The van der Waals surface area contributed by atoms with Crippen molar-refractivity contribution >= 4 is 17.5 Å². The molecule has 2 aromatic heterocycles. The van der Waals surface area contributed by atoms with Crippen LogP contribution >= 0.6 is 0 Å². The van der Waals surface area contributed by atoms with Gasteiger partial charge in [0.1, 0.15) is 5.69 Å². The van der Waals surface area contributed by atoms with Crippen molar-refractivity contribution < 1.29 is 9.59 Å². The van der Waals surface area contributed by atoms with Gasteiger partial charge in [-0.25, -0.2) is 4.98 Å². The Morgan fingerprint density at radius 2 is 1.87 bits per heavy atom. The summed E-state index contributed by atoms with van der Waals surface area (Å²) in [7, 11) is 0. The summed E-state index contributed by atoms with van der Waals surface area (Å²) in [5.41, 5.74) is 5.92. The van der Waals surface area contributed by atoms with Crippen LogP contribution in [0.4, 0.5) is 5.69 Å². The van der Waals surface area contributed by atoms with Crippen LogP contribution in [-0.2, 0) is 11.3 Å². The van der Waals surface area contributed by atoms with E-state index in [0.717, 1.165) is 54.0 Å². The normalized spacial score (nSPS) is 15.6. The first-order valence-electron chi connectivity index (χ1n) is 13.5. The number of benzene rings is 2. The number of pyridine rings is 1. The van der Waals surface area contributed by atoms with Gasteiger partial charge in [0, 0.05) is 49.3 Å². The Hall–Kier alpha value is -4.30. The second-order valence-corrected chi connectivity index (χ2v) is 10.1. The fourth-order valence-electron chi connectivity index (χ4n) is 5.01. The highest BCUT2D eigenvalue weighted by molar-refractivity contribution is 6.03. The molecule has 1 fully saturated rings. The van der Waals surface area contributed by atoms with Gasteiger partial charge < -0.3 is 15.2 Å². The largest absolute Gasteiger partial charge is 0.352 e. The molecule has 1 aliphatic heterocycles. The lowest BCUT2D eigenvalue weighted by atomic mass is 10.0. The molecule has 1 atom stereocenters. The van der Waals surface area contributed by atoms with Crippen LogP contribution in [0.2, 0.25) is 0 Å². The number of carbonyl (C=O) groups excluding carboxylic acids is 2. The summed E-state index contributed by atoms with van der Waals surface area (Å²) in [4.78, 5) is 36.3. The lowest BCUT2D eigenvalue weighted by Gasteiger charge is -2.33. The molecule has 1 unspecified atom stereocenters. The van der Waals surface area contributed by atoms with E-state index >= 15 is 0 Å². The predicted octanol–water partition coefficient (Wildman–Crippen LogP) is 4.99. The molecule has 5 rings (SSSR count). The number of amides is 2. The van der Waals surface area contributed by atoms with Gasteiger partial charge in [0.2, 0.25) is 5.91 Å². The van der Waals surface area contributed by atoms with Crippen molar-refractivity contribution in [1.82, 2.24) is 24.8 Å². The number of piperidine rings is 1. The van der Waals surface area contributed by atoms with Crippen LogP contribution in [0.1, 0.15) is 47.9 Å². The Bertz CT molecular complexity index is 1450. The van der Waals surface area contributed by atoms with E-state index in [1.54, 1.807) is 12.5 Å². The van der Waals surface area contributed by atoms with Crippen molar-refractivity contribution in [3.63, 3.8) is 0 Å². The first-order valence-corrected chi connectivity index (χ1v) is 13.5. The highest BCUT2D eigenvalue weighted by Crippen LogP contribution is 2.24. The third-order valence-electron chi connectivity index (χ3n) is 6.94. The fraction of sp³-hybridized carbons (Fsp3) is 0.290. The molecule has 3 heterocycles. The number of rotatable bonds is 8. The fourth-order valence-corrected chi connectivity index (χ4v) is 5.01. The van der Waals surface area contributed by atoms with Crippen molar-refractivity contribution in [2.45, 2.75) is 45.7 Å². The summed E-state index contributed by atoms with van der Waals surface area (Å²) in [6.07, 6.45) is 7.93. The first-order chi connectivity index (χ1) is 19.0. The summed E-state index contributed by atoms with van der Waals surface area (Å²) in [6.45, 7) is 6.31. The van der Waals surface area contributed by atoms with E-state index in [4.69, 9.17) is 0 Å². The SMILES string of the molecule is CCC(=O)NC1CCCN(Cc2cc(NC(=O)c3cc(-c4ccccc4)ccn3)cc(-n3cnc(C)c3)c2)C1. The average molecular weight is 523 g/mol. The number of hydrogen-bond acceptors (Lipinski definition) is 5. The minimum Gasteiger partial charge on any atom is -0.352 e. The van der Waals surface area contributed by atoms with Gasteiger partial charge in [-0.1, -0.05) is 37.3 Å². The van der Waals surface area contributed by atoms with Crippen LogP contribution < -0.4 is 10.6 Å². The second-order valence-electron chi connectivity index (χ2n) is 10.1. The van der Waals surface area contributed by atoms with E-state index in [0.29, 0.717) is 24.3 Å². The molecular weight excluding hydrogens is 488 g/mol. The molecule has 1 aliphatic rings. The number of aromatic nitrogens is 3. The van der Waals surface area contributed by atoms with Crippen LogP contribution in [0, 0.1) is 6.92 Å². The van der Waals surface area contributed by atoms with Crippen molar-refractivity contribution in [3.05, 3.63) is 96.3 Å². The van der Waals surface area contributed by atoms with Crippen molar-refractivity contribution in [3.8, 4) is 16.8 Å². The second kappa shape index (κ2) is 12.0. The Labute approximate surface area is 229 Å². The van der Waals surface area contributed by atoms with Gasteiger partial charge in [0.25, 0.3) is 5.91 Å². The Balaban J connectivity index is 1.38. The summed E-state index contributed by atoms with van der Waals surface area (Å²) >= 11 is 0. The Morgan fingerprint density at radius 1 is 1.03 bits per heavy atom. The number of aryl methyl sites for hydroxylation is 1. The number of carbonyl (C=O) groups is 2. The average Bonchev–Trinajstić information content (AvgIpc) is 3.40. The molecule has 0 bridgehead atoms. The van der Waals surface area contributed by atoms with Crippen molar-refractivity contribution in [2.24, 2.45) is 0 Å². The molecule has 8 heteroatoms. The molecule has 2 N–H and O–H groups in total. The number of nitrogens with zero attached hydrogens (tertiary/aromatic N) is 4. The van der Waals surface area contributed by atoms with E-state index in [1.807, 2.05) is 79.2 Å². The molecule has 200 valence electrons. The van der Waals surface area contributed by atoms with Gasteiger partial charge in [0.05, 0.1) is 12.0 Å². The summed E-state index contributed by atoms with van der Waals surface area (Å²) < 4.78 is 1.96. The van der Waals surface area contributed by atoms with Gasteiger partial charge in [-0.2, -0.15) is 0 Å². The highest BCUT2D eigenvalue weighted by Gasteiger charge is 2.21. The molecule has 8 nitrogen and oxygen atoms in total. The number of nitrogens with one attached hydrogen (secondary N) is 2. The minimum absolute atomic E-state index is 0.0919. The maximum atomic E-state index is 13.3. The van der Waals surface area contributed by atoms with Gasteiger partial charge in [-0.3, -0.25) is 19.5 Å². The zero-order chi connectivity index (χ0) is 27.2. The predicted molar refractivity (Wildman–Crippen MR) is 153 cm³/mol. The molecular formula is C31H34N6O2. The molecule has 0 spiro atoms. The summed E-state index contributed by atoms with van der Waals surface area (Å²) in [5, 5.41) is 6.20. The van der Waals surface area contributed by atoms with Gasteiger partial charge >= 0.3 is 0 Å².